The molecular formula is C15H15N3O4. The van der Waals surface area contributed by atoms with Crippen molar-refractivity contribution in [2.45, 2.75) is 6.42 Å². The van der Waals surface area contributed by atoms with Crippen molar-refractivity contribution in [2.24, 2.45) is 5.73 Å². The molecule has 2 aromatic rings. The highest BCUT2D eigenvalue weighted by Crippen LogP contribution is 2.20. The number of rotatable bonds is 6. The summed E-state index contributed by atoms with van der Waals surface area (Å²) in [5.74, 6) is 0.401. The number of aromatic nitrogens is 1. The van der Waals surface area contributed by atoms with E-state index in [1.165, 1.54) is 12.3 Å². The van der Waals surface area contributed by atoms with Gasteiger partial charge in [0.25, 0.3) is 0 Å². The average molecular weight is 301 g/mol. The Hall–Kier alpha value is -3.09. The molecule has 0 bridgehead atoms. The Balaban J connectivity index is 1.93. The maximum absolute atomic E-state index is 10.9. The first kappa shape index (κ1) is 15.3. The van der Waals surface area contributed by atoms with Gasteiger partial charge in [0.05, 0.1) is 5.56 Å². The predicted octanol–water partition coefficient (Wildman–Crippen LogP) is 1.78. The van der Waals surface area contributed by atoms with Gasteiger partial charge in [-0.3, -0.25) is 4.79 Å². The molecule has 0 radical (unpaired) electrons. The molecular weight excluding hydrogens is 286 g/mol. The van der Waals surface area contributed by atoms with Crippen molar-refractivity contribution in [3.8, 4) is 11.6 Å². The molecule has 2 amide bonds. The molecule has 0 aliphatic carbocycles. The van der Waals surface area contributed by atoms with Gasteiger partial charge in [0.1, 0.15) is 5.75 Å². The molecule has 4 N–H and O–H groups in total. The molecule has 1 aromatic heterocycles. The summed E-state index contributed by atoms with van der Waals surface area (Å²) in [5, 5.41) is 10.8. The van der Waals surface area contributed by atoms with E-state index in [0.717, 1.165) is 5.56 Å². The zero-order valence-electron chi connectivity index (χ0n) is 11.7. The lowest BCUT2D eigenvalue weighted by Gasteiger charge is -2.06. The smallest absolute Gasteiger partial charge is 0.404 e. The third-order valence-corrected chi connectivity index (χ3v) is 2.86. The fraction of sp³-hybridized carbons (Fsp3) is 0.133. The largest absolute Gasteiger partial charge is 0.465 e. The number of pyridine rings is 1. The molecule has 0 saturated carbocycles. The molecule has 1 aromatic carbocycles. The van der Waals surface area contributed by atoms with E-state index in [-0.39, 0.29) is 0 Å². The van der Waals surface area contributed by atoms with Crippen LogP contribution in [-0.4, -0.2) is 28.6 Å². The third-order valence-electron chi connectivity index (χ3n) is 2.86. The van der Waals surface area contributed by atoms with Crippen molar-refractivity contribution in [2.75, 3.05) is 6.54 Å². The van der Waals surface area contributed by atoms with Crippen LogP contribution in [0.2, 0.25) is 0 Å². The minimum absolute atomic E-state index is 0.314. The molecule has 114 valence electrons. The number of hydrogen-bond acceptors (Lipinski definition) is 4. The first-order valence-electron chi connectivity index (χ1n) is 6.54. The molecule has 0 unspecified atom stereocenters. The minimum Gasteiger partial charge on any atom is -0.465 e. The van der Waals surface area contributed by atoms with Crippen LogP contribution in [0.5, 0.6) is 11.6 Å². The van der Waals surface area contributed by atoms with Crippen molar-refractivity contribution in [3.05, 3.63) is 53.7 Å². The second-order valence-corrected chi connectivity index (χ2v) is 4.48. The van der Waals surface area contributed by atoms with Crippen molar-refractivity contribution < 1.29 is 19.4 Å². The zero-order valence-corrected chi connectivity index (χ0v) is 11.7. The van der Waals surface area contributed by atoms with Gasteiger partial charge in [-0.2, -0.15) is 0 Å². The fourth-order valence-corrected chi connectivity index (χ4v) is 1.75. The van der Waals surface area contributed by atoms with Crippen LogP contribution in [0.3, 0.4) is 0 Å². The molecule has 7 heteroatoms. The van der Waals surface area contributed by atoms with Gasteiger partial charge in [0.2, 0.25) is 11.8 Å². The molecule has 0 atom stereocenters. The second-order valence-electron chi connectivity index (χ2n) is 4.48. The summed E-state index contributed by atoms with van der Waals surface area (Å²) in [4.78, 5) is 25.3. The Morgan fingerprint density at radius 3 is 2.45 bits per heavy atom. The first-order valence-corrected chi connectivity index (χ1v) is 6.54. The number of nitrogens with two attached hydrogens (primary N) is 1. The summed E-state index contributed by atoms with van der Waals surface area (Å²) in [6.45, 7) is 0.353. The van der Waals surface area contributed by atoms with E-state index in [4.69, 9.17) is 15.6 Å². The Labute approximate surface area is 126 Å². The van der Waals surface area contributed by atoms with E-state index in [1.807, 2.05) is 12.1 Å². The lowest BCUT2D eigenvalue weighted by Crippen LogP contribution is -2.23. The average Bonchev–Trinajstić information content (AvgIpc) is 2.49. The molecule has 22 heavy (non-hydrogen) atoms. The third kappa shape index (κ3) is 4.48. The molecule has 0 saturated heterocycles. The van der Waals surface area contributed by atoms with E-state index in [1.54, 1.807) is 18.2 Å². The Morgan fingerprint density at radius 1 is 1.18 bits per heavy atom. The molecule has 0 aliphatic rings. The molecule has 0 fully saturated rings. The van der Waals surface area contributed by atoms with Crippen LogP contribution < -0.4 is 15.8 Å². The molecule has 2 rings (SSSR count). The van der Waals surface area contributed by atoms with Crippen LogP contribution in [0.4, 0.5) is 4.79 Å². The number of ether oxygens (including phenoxy) is 1. The summed E-state index contributed by atoms with van der Waals surface area (Å²) in [5.41, 5.74) is 6.43. The number of benzene rings is 1. The number of carbonyl (C=O) groups is 2. The van der Waals surface area contributed by atoms with Gasteiger partial charge in [-0.1, -0.05) is 12.1 Å². The van der Waals surface area contributed by atoms with Crippen LogP contribution in [0.25, 0.3) is 0 Å². The second kappa shape index (κ2) is 7.07. The predicted molar refractivity (Wildman–Crippen MR) is 79.0 cm³/mol. The Kier molecular flexibility index (Phi) is 4.92. The summed E-state index contributed by atoms with van der Waals surface area (Å²) in [6, 6.07) is 10.3. The highest BCUT2D eigenvalue weighted by molar-refractivity contribution is 5.92. The maximum Gasteiger partial charge on any atom is 0.404 e. The minimum atomic E-state index is -1.04. The maximum atomic E-state index is 10.9. The number of carbonyl (C=O) groups excluding carboxylic acids is 1. The number of nitrogens with zero attached hydrogens (tertiary/aromatic N) is 1. The van der Waals surface area contributed by atoms with Gasteiger partial charge in [-0.15, -0.1) is 0 Å². The van der Waals surface area contributed by atoms with Crippen molar-refractivity contribution in [1.82, 2.24) is 10.3 Å². The van der Waals surface area contributed by atoms with Gasteiger partial charge in [0, 0.05) is 18.8 Å². The molecule has 0 spiro atoms. The van der Waals surface area contributed by atoms with Gasteiger partial charge in [-0.25, -0.2) is 9.78 Å². The zero-order chi connectivity index (χ0) is 15.9. The Bertz CT molecular complexity index is 653. The Morgan fingerprint density at radius 2 is 1.91 bits per heavy atom. The molecule has 0 aliphatic heterocycles. The van der Waals surface area contributed by atoms with Crippen LogP contribution >= 0.6 is 0 Å². The molecule has 7 nitrogen and oxygen atoms in total. The van der Waals surface area contributed by atoms with Gasteiger partial charge < -0.3 is 20.9 Å². The quantitative estimate of drug-likeness (QED) is 0.752. The normalized spacial score (nSPS) is 10.0. The SMILES string of the molecule is NC(=O)c1ccc(Oc2ccc(CCNC(=O)O)cc2)nc1. The summed E-state index contributed by atoms with van der Waals surface area (Å²) in [6.07, 6.45) is 0.910. The summed E-state index contributed by atoms with van der Waals surface area (Å²) >= 11 is 0. The van der Waals surface area contributed by atoms with Gasteiger partial charge >= 0.3 is 6.09 Å². The van der Waals surface area contributed by atoms with E-state index >= 15 is 0 Å². The van der Waals surface area contributed by atoms with E-state index in [2.05, 4.69) is 10.3 Å². The number of amides is 2. The van der Waals surface area contributed by atoms with E-state index in [9.17, 15) is 9.59 Å². The topological polar surface area (TPSA) is 115 Å². The van der Waals surface area contributed by atoms with Crippen molar-refractivity contribution in [3.63, 3.8) is 0 Å². The van der Waals surface area contributed by atoms with Crippen LogP contribution in [0, 0.1) is 0 Å². The van der Waals surface area contributed by atoms with Crippen molar-refractivity contribution in [1.29, 1.82) is 0 Å². The van der Waals surface area contributed by atoms with Gasteiger partial charge in [-0.05, 0) is 30.2 Å². The van der Waals surface area contributed by atoms with Crippen molar-refractivity contribution >= 4 is 12.0 Å². The number of carboxylic acid groups (broad SMARTS) is 1. The first-order chi connectivity index (χ1) is 10.5. The summed E-state index contributed by atoms with van der Waals surface area (Å²) < 4.78 is 5.54. The molecule has 1 heterocycles. The van der Waals surface area contributed by atoms with E-state index in [0.29, 0.717) is 30.2 Å². The highest BCUT2D eigenvalue weighted by Gasteiger charge is 2.03. The standard InChI is InChI=1S/C15H15N3O4/c16-14(19)11-3-6-13(18-9-11)22-12-4-1-10(2-5-12)7-8-17-15(20)21/h1-6,9,17H,7-8H2,(H2,16,19)(H,20,21). The lowest BCUT2D eigenvalue weighted by molar-refractivity contribution is 0.1000. The van der Waals surface area contributed by atoms with E-state index < -0.39 is 12.0 Å². The monoisotopic (exact) mass is 301 g/mol. The van der Waals surface area contributed by atoms with Gasteiger partial charge in [0.15, 0.2) is 0 Å². The van der Waals surface area contributed by atoms with Crippen LogP contribution in [0.1, 0.15) is 15.9 Å². The fourth-order valence-electron chi connectivity index (χ4n) is 1.75. The highest BCUT2D eigenvalue weighted by atomic mass is 16.5. The number of hydrogen-bond donors (Lipinski definition) is 3. The van der Waals surface area contributed by atoms with Crippen LogP contribution in [0.15, 0.2) is 42.6 Å². The van der Waals surface area contributed by atoms with Crippen LogP contribution in [-0.2, 0) is 6.42 Å². The number of nitrogens with one attached hydrogen (secondary N) is 1. The number of primary amides is 1. The summed E-state index contributed by atoms with van der Waals surface area (Å²) in [7, 11) is 0. The lowest BCUT2D eigenvalue weighted by atomic mass is 10.1.